The number of carboxylic acid groups (broad SMARTS) is 1. The zero-order valence-corrected chi connectivity index (χ0v) is 17.9. The van der Waals surface area contributed by atoms with E-state index in [-0.39, 0.29) is 23.8 Å². The fourth-order valence-corrected chi connectivity index (χ4v) is 3.82. The van der Waals surface area contributed by atoms with Gasteiger partial charge in [0.2, 0.25) is 5.88 Å². The summed E-state index contributed by atoms with van der Waals surface area (Å²) >= 11 is 0. The molecule has 1 atom stereocenters. The molecular formula is C21H25F3N4O5. The van der Waals surface area contributed by atoms with Crippen molar-refractivity contribution >= 4 is 6.09 Å². The smallest absolute Gasteiger partial charge is 0.433 e. The maximum Gasteiger partial charge on any atom is 0.433 e. The fourth-order valence-electron chi connectivity index (χ4n) is 3.82. The zero-order chi connectivity index (χ0) is 24.2. The normalized spacial score (nSPS) is 17.0. The quantitative estimate of drug-likeness (QED) is 0.564. The number of nitrogens with zero attached hydrogens (tertiary/aromatic N) is 4. The van der Waals surface area contributed by atoms with Crippen molar-refractivity contribution in [2.75, 3.05) is 26.3 Å². The van der Waals surface area contributed by atoms with Gasteiger partial charge in [0.1, 0.15) is 23.7 Å². The minimum absolute atomic E-state index is 0.172. The lowest BCUT2D eigenvalue weighted by atomic mass is 9.83. The minimum Gasteiger partial charge on any atom is -0.474 e. The predicted octanol–water partition coefficient (Wildman–Crippen LogP) is 2.71. The van der Waals surface area contributed by atoms with Crippen molar-refractivity contribution in [3.63, 3.8) is 0 Å². The van der Waals surface area contributed by atoms with Gasteiger partial charge in [0.05, 0.1) is 5.69 Å². The van der Waals surface area contributed by atoms with E-state index in [9.17, 15) is 33.3 Å². The first-order valence-electron chi connectivity index (χ1n) is 10.4. The van der Waals surface area contributed by atoms with E-state index < -0.39 is 36.8 Å². The van der Waals surface area contributed by atoms with E-state index in [2.05, 4.69) is 15.0 Å². The lowest BCUT2D eigenvalue weighted by molar-refractivity contribution is -0.141. The molecule has 0 spiro atoms. The molecule has 2 aromatic heterocycles. The van der Waals surface area contributed by atoms with Crippen LogP contribution >= 0.6 is 0 Å². The molecule has 2 aromatic rings. The SMILES string of the molecule is Cc1ncc(C(O)(CCO)COc2cccc(C(F)(F)F)n2)c(C2CCN(C(=O)O)CC2)n1. The van der Waals surface area contributed by atoms with Gasteiger partial charge in [-0.05, 0) is 25.8 Å². The summed E-state index contributed by atoms with van der Waals surface area (Å²) in [5.74, 6) is -0.0547. The van der Waals surface area contributed by atoms with E-state index in [0.29, 0.717) is 37.4 Å². The third-order valence-corrected chi connectivity index (χ3v) is 5.59. The molecule has 12 heteroatoms. The van der Waals surface area contributed by atoms with Crippen LogP contribution in [0.3, 0.4) is 0 Å². The van der Waals surface area contributed by atoms with Gasteiger partial charge in [0, 0.05) is 49.9 Å². The van der Waals surface area contributed by atoms with E-state index >= 15 is 0 Å². The van der Waals surface area contributed by atoms with E-state index in [4.69, 9.17) is 4.74 Å². The van der Waals surface area contributed by atoms with Crippen LogP contribution in [0.1, 0.15) is 48.0 Å². The van der Waals surface area contributed by atoms with Gasteiger partial charge in [-0.15, -0.1) is 0 Å². The number of rotatable bonds is 7. The second-order valence-electron chi connectivity index (χ2n) is 7.91. The molecule has 0 bridgehead atoms. The number of carbonyl (C=O) groups is 1. The average Bonchev–Trinajstić information content (AvgIpc) is 2.77. The van der Waals surface area contributed by atoms with E-state index in [1.807, 2.05) is 0 Å². The highest BCUT2D eigenvalue weighted by Crippen LogP contribution is 2.36. The first kappa shape index (κ1) is 24.6. The van der Waals surface area contributed by atoms with E-state index in [1.54, 1.807) is 6.92 Å². The Morgan fingerprint density at radius 2 is 1.94 bits per heavy atom. The average molecular weight is 470 g/mol. The van der Waals surface area contributed by atoms with Crippen LogP contribution in [0.5, 0.6) is 5.88 Å². The summed E-state index contributed by atoms with van der Waals surface area (Å²) in [5, 5.41) is 30.1. The molecule has 0 aromatic carbocycles. The summed E-state index contributed by atoms with van der Waals surface area (Å²) in [6.45, 7) is 1.35. The largest absolute Gasteiger partial charge is 0.474 e. The molecule has 1 aliphatic heterocycles. The Bertz CT molecular complexity index is 983. The van der Waals surface area contributed by atoms with Crippen molar-refractivity contribution in [2.24, 2.45) is 0 Å². The summed E-state index contributed by atoms with van der Waals surface area (Å²) in [5.41, 5.74) is -2.15. The van der Waals surface area contributed by atoms with Crippen molar-refractivity contribution in [3.8, 4) is 5.88 Å². The van der Waals surface area contributed by atoms with Crippen LogP contribution in [0.4, 0.5) is 18.0 Å². The fraction of sp³-hybridized carbons (Fsp3) is 0.524. The second-order valence-corrected chi connectivity index (χ2v) is 7.91. The monoisotopic (exact) mass is 470 g/mol. The molecule has 0 aliphatic carbocycles. The number of alkyl halides is 3. The first-order chi connectivity index (χ1) is 15.5. The Morgan fingerprint density at radius 3 is 2.55 bits per heavy atom. The summed E-state index contributed by atoms with van der Waals surface area (Å²) in [6.07, 6.45) is -3.48. The Hall–Kier alpha value is -2.99. The maximum absolute atomic E-state index is 12.9. The van der Waals surface area contributed by atoms with Crippen molar-refractivity contribution in [3.05, 3.63) is 47.2 Å². The number of piperidine rings is 1. The van der Waals surface area contributed by atoms with Crippen molar-refractivity contribution in [1.82, 2.24) is 19.9 Å². The topological polar surface area (TPSA) is 129 Å². The first-order valence-corrected chi connectivity index (χ1v) is 10.4. The molecule has 3 N–H and O–H groups in total. The van der Waals surface area contributed by atoms with E-state index in [0.717, 1.165) is 12.1 Å². The van der Waals surface area contributed by atoms with Crippen molar-refractivity contribution in [2.45, 2.75) is 43.9 Å². The number of pyridine rings is 1. The Morgan fingerprint density at radius 1 is 1.24 bits per heavy atom. The van der Waals surface area contributed by atoms with Gasteiger partial charge in [-0.1, -0.05) is 6.07 Å². The molecule has 3 heterocycles. The Balaban J connectivity index is 1.87. The number of likely N-dealkylation sites (tertiary alicyclic amines) is 1. The lowest BCUT2D eigenvalue weighted by Gasteiger charge is -2.34. The molecule has 1 amide bonds. The summed E-state index contributed by atoms with van der Waals surface area (Å²) in [4.78, 5) is 24.6. The number of aryl methyl sites for hydroxylation is 1. The van der Waals surface area contributed by atoms with Gasteiger partial charge in [-0.3, -0.25) is 0 Å². The summed E-state index contributed by atoms with van der Waals surface area (Å²) in [6, 6.07) is 3.19. The van der Waals surface area contributed by atoms with Gasteiger partial charge in [-0.25, -0.2) is 19.7 Å². The Labute approximate surface area is 187 Å². The van der Waals surface area contributed by atoms with Crippen molar-refractivity contribution < 1.29 is 38.0 Å². The molecule has 0 saturated carbocycles. The number of hydrogen-bond donors (Lipinski definition) is 3. The number of ether oxygens (including phenoxy) is 1. The molecule has 3 rings (SSSR count). The van der Waals surface area contributed by atoms with Crippen LogP contribution < -0.4 is 4.74 Å². The standard InChI is InChI=1S/C21H25F3N4O5/c1-13-25-11-15(18(26-13)14-5-8-28(9-6-14)19(30)31)20(32,7-10-29)12-33-17-4-2-3-16(27-17)21(22,23)24/h2-4,11,14,29,32H,5-10,12H2,1H3,(H,30,31). The van der Waals surface area contributed by atoms with Crippen LogP contribution in [0.15, 0.2) is 24.4 Å². The zero-order valence-electron chi connectivity index (χ0n) is 17.9. The molecule has 180 valence electrons. The molecule has 1 saturated heterocycles. The highest BCUT2D eigenvalue weighted by atomic mass is 19.4. The lowest BCUT2D eigenvalue weighted by Crippen LogP contribution is -2.39. The minimum atomic E-state index is -4.65. The van der Waals surface area contributed by atoms with Crippen LogP contribution in [0.25, 0.3) is 0 Å². The molecule has 0 radical (unpaired) electrons. The number of aromatic nitrogens is 3. The molecule has 1 aliphatic rings. The number of aliphatic hydroxyl groups is 2. The second kappa shape index (κ2) is 9.87. The number of amides is 1. The van der Waals surface area contributed by atoms with Crippen LogP contribution in [0.2, 0.25) is 0 Å². The van der Waals surface area contributed by atoms with Crippen LogP contribution in [-0.4, -0.2) is 67.6 Å². The maximum atomic E-state index is 12.9. The molecule has 1 unspecified atom stereocenters. The van der Waals surface area contributed by atoms with Crippen LogP contribution in [-0.2, 0) is 11.8 Å². The summed E-state index contributed by atoms with van der Waals surface area (Å²) < 4.78 is 44.3. The highest BCUT2D eigenvalue weighted by molar-refractivity contribution is 5.65. The molecular weight excluding hydrogens is 445 g/mol. The Kier molecular flexibility index (Phi) is 7.38. The van der Waals surface area contributed by atoms with Gasteiger partial charge in [-0.2, -0.15) is 13.2 Å². The third-order valence-electron chi connectivity index (χ3n) is 5.59. The van der Waals surface area contributed by atoms with E-state index in [1.165, 1.54) is 17.2 Å². The molecule has 1 fully saturated rings. The van der Waals surface area contributed by atoms with Crippen LogP contribution in [0, 0.1) is 6.92 Å². The number of hydrogen-bond acceptors (Lipinski definition) is 7. The molecule has 9 nitrogen and oxygen atoms in total. The van der Waals surface area contributed by atoms with Gasteiger partial charge < -0.3 is 25.0 Å². The number of aliphatic hydroxyl groups excluding tert-OH is 1. The third kappa shape index (κ3) is 5.88. The van der Waals surface area contributed by atoms with Gasteiger partial charge in [0.25, 0.3) is 0 Å². The number of halogens is 3. The summed E-state index contributed by atoms with van der Waals surface area (Å²) in [7, 11) is 0. The molecule has 33 heavy (non-hydrogen) atoms. The van der Waals surface area contributed by atoms with Crippen molar-refractivity contribution in [1.29, 1.82) is 0 Å². The van der Waals surface area contributed by atoms with Gasteiger partial charge >= 0.3 is 12.3 Å². The van der Waals surface area contributed by atoms with Gasteiger partial charge in [0.15, 0.2) is 0 Å². The highest BCUT2D eigenvalue weighted by Gasteiger charge is 2.37. The predicted molar refractivity (Wildman–Crippen MR) is 109 cm³/mol.